The van der Waals surface area contributed by atoms with E-state index in [-0.39, 0.29) is 6.04 Å². The van der Waals surface area contributed by atoms with E-state index >= 15 is 0 Å². The summed E-state index contributed by atoms with van der Waals surface area (Å²) in [5, 5.41) is 0. The van der Waals surface area contributed by atoms with Crippen molar-refractivity contribution in [3.63, 3.8) is 0 Å². The molecule has 2 aromatic rings. The molecule has 21 heavy (non-hydrogen) atoms. The number of pyridine rings is 1. The molecular formula is C17H22N2O2. The number of methoxy groups -OCH3 is 1. The van der Waals surface area contributed by atoms with Gasteiger partial charge in [0.05, 0.1) is 13.7 Å². The fourth-order valence-corrected chi connectivity index (χ4v) is 2.16. The highest BCUT2D eigenvalue weighted by atomic mass is 16.5. The maximum Gasteiger partial charge on any atom is 0.161 e. The van der Waals surface area contributed by atoms with Crippen LogP contribution in [0.15, 0.2) is 42.7 Å². The van der Waals surface area contributed by atoms with Gasteiger partial charge in [0.1, 0.15) is 0 Å². The Morgan fingerprint density at radius 3 is 2.52 bits per heavy atom. The van der Waals surface area contributed by atoms with E-state index in [0.29, 0.717) is 6.61 Å². The smallest absolute Gasteiger partial charge is 0.161 e. The molecule has 2 rings (SSSR count). The molecule has 0 fully saturated rings. The summed E-state index contributed by atoms with van der Waals surface area (Å²) in [7, 11) is 1.65. The third kappa shape index (κ3) is 4.76. The Hall–Kier alpha value is -2.07. The molecule has 0 amide bonds. The lowest BCUT2D eigenvalue weighted by molar-refractivity contribution is 0.297. The topological polar surface area (TPSA) is 57.4 Å². The van der Waals surface area contributed by atoms with E-state index in [1.165, 1.54) is 5.56 Å². The maximum atomic E-state index is 5.82. The quantitative estimate of drug-likeness (QED) is 0.850. The van der Waals surface area contributed by atoms with Crippen LogP contribution in [0.1, 0.15) is 18.1 Å². The van der Waals surface area contributed by atoms with Gasteiger partial charge in [-0.2, -0.15) is 0 Å². The molecule has 1 aromatic heterocycles. The SMILES string of the molecule is COc1cc(CC(C)N)ccc1OCCc1ccncc1. The number of hydrogen-bond acceptors (Lipinski definition) is 4. The molecule has 0 aliphatic heterocycles. The predicted molar refractivity (Wildman–Crippen MR) is 83.8 cm³/mol. The Kier molecular flexibility index (Phi) is 5.58. The molecule has 1 unspecified atom stereocenters. The van der Waals surface area contributed by atoms with Gasteiger partial charge in [-0.05, 0) is 48.7 Å². The fraction of sp³-hybridized carbons (Fsp3) is 0.353. The molecule has 0 saturated carbocycles. The zero-order valence-corrected chi connectivity index (χ0v) is 12.6. The lowest BCUT2D eigenvalue weighted by Gasteiger charge is -2.13. The molecule has 4 nitrogen and oxygen atoms in total. The zero-order valence-electron chi connectivity index (χ0n) is 12.6. The first-order chi connectivity index (χ1) is 10.2. The molecule has 2 N–H and O–H groups in total. The van der Waals surface area contributed by atoms with E-state index in [0.717, 1.165) is 29.9 Å². The second kappa shape index (κ2) is 7.64. The van der Waals surface area contributed by atoms with Crippen molar-refractivity contribution in [1.82, 2.24) is 4.98 Å². The summed E-state index contributed by atoms with van der Waals surface area (Å²) < 4.78 is 11.2. The minimum Gasteiger partial charge on any atom is -0.493 e. The van der Waals surface area contributed by atoms with Gasteiger partial charge in [-0.3, -0.25) is 4.98 Å². The Balaban J connectivity index is 1.96. The minimum absolute atomic E-state index is 0.133. The first kappa shape index (κ1) is 15.3. The number of ether oxygens (including phenoxy) is 2. The second-order valence-electron chi connectivity index (χ2n) is 5.12. The van der Waals surface area contributed by atoms with Crippen LogP contribution < -0.4 is 15.2 Å². The Labute approximate surface area is 125 Å². The molecule has 0 saturated heterocycles. The Bertz CT molecular complexity index is 556. The normalized spacial score (nSPS) is 12.0. The van der Waals surface area contributed by atoms with Gasteiger partial charge >= 0.3 is 0 Å². The highest BCUT2D eigenvalue weighted by molar-refractivity contribution is 5.43. The van der Waals surface area contributed by atoms with Crippen molar-refractivity contribution in [3.05, 3.63) is 53.9 Å². The van der Waals surface area contributed by atoms with E-state index in [1.54, 1.807) is 19.5 Å². The number of hydrogen-bond donors (Lipinski definition) is 1. The van der Waals surface area contributed by atoms with E-state index < -0.39 is 0 Å². The number of nitrogens with two attached hydrogens (primary N) is 1. The fourth-order valence-electron chi connectivity index (χ4n) is 2.16. The molecule has 0 aliphatic rings. The summed E-state index contributed by atoms with van der Waals surface area (Å²) in [5.41, 5.74) is 8.18. The van der Waals surface area contributed by atoms with E-state index in [9.17, 15) is 0 Å². The molecule has 0 bridgehead atoms. The summed E-state index contributed by atoms with van der Waals surface area (Å²) in [5.74, 6) is 1.52. The average molecular weight is 286 g/mol. The van der Waals surface area contributed by atoms with Gasteiger partial charge in [0, 0.05) is 24.9 Å². The van der Waals surface area contributed by atoms with Crippen LogP contribution in [0, 0.1) is 0 Å². The van der Waals surface area contributed by atoms with Crippen molar-refractivity contribution in [2.45, 2.75) is 25.8 Å². The van der Waals surface area contributed by atoms with Crippen molar-refractivity contribution >= 4 is 0 Å². The number of aromatic nitrogens is 1. The number of nitrogens with zero attached hydrogens (tertiary/aromatic N) is 1. The highest BCUT2D eigenvalue weighted by Crippen LogP contribution is 2.28. The first-order valence-corrected chi connectivity index (χ1v) is 7.13. The van der Waals surface area contributed by atoms with Crippen LogP contribution in [0.25, 0.3) is 0 Å². The Morgan fingerprint density at radius 1 is 1.10 bits per heavy atom. The van der Waals surface area contributed by atoms with Crippen molar-refractivity contribution in [2.24, 2.45) is 5.73 Å². The van der Waals surface area contributed by atoms with Crippen molar-refractivity contribution in [1.29, 1.82) is 0 Å². The van der Waals surface area contributed by atoms with Gasteiger partial charge in [-0.1, -0.05) is 6.07 Å². The minimum atomic E-state index is 0.133. The summed E-state index contributed by atoms with van der Waals surface area (Å²) in [4.78, 5) is 4.00. The monoisotopic (exact) mass is 286 g/mol. The second-order valence-corrected chi connectivity index (χ2v) is 5.12. The molecule has 0 radical (unpaired) electrons. The third-order valence-electron chi connectivity index (χ3n) is 3.18. The first-order valence-electron chi connectivity index (χ1n) is 7.13. The van der Waals surface area contributed by atoms with Crippen molar-refractivity contribution in [2.75, 3.05) is 13.7 Å². The van der Waals surface area contributed by atoms with Crippen LogP contribution in [0.5, 0.6) is 11.5 Å². The van der Waals surface area contributed by atoms with Gasteiger partial charge in [0.2, 0.25) is 0 Å². The van der Waals surface area contributed by atoms with E-state index in [4.69, 9.17) is 15.2 Å². The van der Waals surface area contributed by atoms with E-state index in [1.807, 2.05) is 37.3 Å². The largest absolute Gasteiger partial charge is 0.493 e. The summed E-state index contributed by atoms with van der Waals surface area (Å²) in [6.45, 7) is 2.60. The van der Waals surface area contributed by atoms with E-state index in [2.05, 4.69) is 4.98 Å². The van der Waals surface area contributed by atoms with Gasteiger partial charge < -0.3 is 15.2 Å². The zero-order chi connectivity index (χ0) is 15.1. The number of benzene rings is 1. The van der Waals surface area contributed by atoms with Crippen molar-refractivity contribution < 1.29 is 9.47 Å². The van der Waals surface area contributed by atoms with Gasteiger partial charge in [0.15, 0.2) is 11.5 Å². The van der Waals surface area contributed by atoms with Gasteiger partial charge in [-0.15, -0.1) is 0 Å². The lowest BCUT2D eigenvalue weighted by atomic mass is 10.1. The summed E-state index contributed by atoms with van der Waals surface area (Å²) in [6, 6.07) is 10.1. The number of rotatable bonds is 7. The van der Waals surface area contributed by atoms with Crippen molar-refractivity contribution in [3.8, 4) is 11.5 Å². The molecule has 0 spiro atoms. The molecule has 0 aliphatic carbocycles. The molecule has 1 aromatic carbocycles. The standard InChI is InChI=1S/C17H22N2O2/c1-13(18)11-15-3-4-16(17(12-15)20-2)21-10-7-14-5-8-19-9-6-14/h3-6,8-9,12-13H,7,10-11,18H2,1-2H3. The van der Waals surface area contributed by atoms with Crippen LogP contribution in [0.2, 0.25) is 0 Å². The molecule has 112 valence electrons. The van der Waals surface area contributed by atoms with Crippen LogP contribution in [0.4, 0.5) is 0 Å². The predicted octanol–water partition coefficient (Wildman–Crippen LogP) is 2.60. The molecule has 1 heterocycles. The molecule has 4 heteroatoms. The molecular weight excluding hydrogens is 264 g/mol. The van der Waals surface area contributed by atoms with Crippen LogP contribution in [-0.2, 0) is 12.8 Å². The maximum absolute atomic E-state index is 5.82. The lowest BCUT2D eigenvalue weighted by Crippen LogP contribution is -2.17. The molecule has 1 atom stereocenters. The van der Waals surface area contributed by atoms with Crippen LogP contribution >= 0.6 is 0 Å². The highest BCUT2D eigenvalue weighted by Gasteiger charge is 2.07. The van der Waals surface area contributed by atoms with Gasteiger partial charge in [0.25, 0.3) is 0 Å². The third-order valence-corrected chi connectivity index (χ3v) is 3.18. The summed E-state index contributed by atoms with van der Waals surface area (Å²) in [6.07, 6.45) is 5.25. The Morgan fingerprint density at radius 2 is 1.86 bits per heavy atom. The average Bonchev–Trinajstić information content (AvgIpc) is 2.49. The van der Waals surface area contributed by atoms with Crippen LogP contribution in [0.3, 0.4) is 0 Å². The van der Waals surface area contributed by atoms with Gasteiger partial charge in [-0.25, -0.2) is 0 Å². The summed E-state index contributed by atoms with van der Waals surface area (Å²) >= 11 is 0. The van der Waals surface area contributed by atoms with Crippen LogP contribution in [-0.4, -0.2) is 24.7 Å².